The molecule has 0 amide bonds. The lowest BCUT2D eigenvalue weighted by Crippen LogP contribution is -2.33. The van der Waals surface area contributed by atoms with Gasteiger partial charge in [-0.2, -0.15) is 9.40 Å². The van der Waals surface area contributed by atoms with Crippen LogP contribution < -0.4 is 5.32 Å². The Hall–Kier alpha value is -0.960. The number of nitrogens with zero attached hydrogens (tertiary/aromatic N) is 4. The van der Waals surface area contributed by atoms with Gasteiger partial charge in [-0.15, -0.1) is 0 Å². The molecule has 8 heteroatoms. The van der Waals surface area contributed by atoms with Gasteiger partial charge in [-0.25, -0.2) is 8.42 Å². The van der Waals surface area contributed by atoms with E-state index in [0.717, 1.165) is 6.54 Å². The van der Waals surface area contributed by atoms with E-state index in [9.17, 15) is 8.42 Å². The third kappa shape index (κ3) is 4.77. The van der Waals surface area contributed by atoms with E-state index in [1.807, 2.05) is 19.0 Å². The van der Waals surface area contributed by atoms with Crippen molar-refractivity contribution in [1.82, 2.24) is 24.3 Å². The molecule has 1 aliphatic carbocycles. The van der Waals surface area contributed by atoms with Crippen LogP contribution in [-0.2, 0) is 16.6 Å². The Balaban J connectivity index is 1.90. The van der Waals surface area contributed by atoms with Crippen molar-refractivity contribution in [2.75, 3.05) is 40.8 Å². The van der Waals surface area contributed by atoms with Gasteiger partial charge in [0, 0.05) is 38.9 Å². The summed E-state index contributed by atoms with van der Waals surface area (Å²) in [4.78, 5) is 2.22. The first-order valence-corrected chi connectivity index (χ1v) is 8.70. The molecule has 1 fully saturated rings. The largest absolute Gasteiger partial charge is 0.312 e. The molecule has 1 aliphatic rings. The van der Waals surface area contributed by atoms with Crippen molar-refractivity contribution in [2.45, 2.75) is 30.3 Å². The van der Waals surface area contributed by atoms with Crippen molar-refractivity contribution < 1.29 is 8.42 Å². The second-order valence-electron chi connectivity index (χ2n) is 5.80. The number of sulfonamides is 1. The third-order valence-corrected chi connectivity index (χ3v) is 5.34. The van der Waals surface area contributed by atoms with Gasteiger partial charge in [0.05, 0.1) is 12.7 Å². The Labute approximate surface area is 127 Å². The molecule has 1 heterocycles. The number of nitrogens with one attached hydrogen (secondary N) is 1. The van der Waals surface area contributed by atoms with Crippen molar-refractivity contribution in [2.24, 2.45) is 0 Å². The highest BCUT2D eigenvalue weighted by molar-refractivity contribution is 7.89. The summed E-state index contributed by atoms with van der Waals surface area (Å²) in [6.07, 6.45) is 5.53. The third-order valence-electron chi connectivity index (χ3n) is 3.53. The molecule has 1 aromatic rings. The van der Waals surface area contributed by atoms with E-state index < -0.39 is 10.0 Å². The van der Waals surface area contributed by atoms with Gasteiger partial charge in [0.15, 0.2) is 0 Å². The van der Waals surface area contributed by atoms with Gasteiger partial charge in [-0.3, -0.25) is 4.68 Å². The van der Waals surface area contributed by atoms with Gasteiger partial charge < -0.3 is 10.2 Å². The Kier molecular flexibility index (Phi) is 5.37. The van der Waals surface area contributed by atoms with E-state index in [1.165, 1.54) is 23.3 Å². The average molecular weight is 315 g/mol. The highest BCUT2D eigenvalue weighted by Gasteiger charge is 2.23. The average Bonchev–Trinajstić information content (AvgIpc) is 3.11. The molecule has 0 radical (unpaired) electrons. The molecule has 0 saturated heterocycles. The Bertz CT molecular complexity index is 551. The van der Waals surface area contributed by atoms with Gasteiger partial charge in [-0.1, -0.05) is 0 Å². The van der Waals surface area contributed by atoms with Crippen molar-refractivity contribution in [3.63, 3.8) is 0 Å². The van der Waals surface area contributed by atoms with Crippen LogP contribution in [0.5, 0.6) is 0 Å². The monoisotopic (exact) mass is 315 g/mol. The smallest absolute Gasteiger partial charge is 0.245 e. The number of rotatable bonds is 9. The second-order valence-corrected chi connectivity index (χ2v) is 7.84. The van der Waals surface area contributed by atoms with Gasteiger partial charge in [0.1, 0.15) is 4.90 Å². The number of likely N-dealkylation sites (N-methyl/N-ethyl adjacent to an activating group) is 2. The van der Waals surface area contributed by atoms with Gasteiger partial charge in [-0.05, 0) is 26.9 Å². The number of hydrogen-bond acceptors (Lipinski definition) is 5. The maximum atomic E-state index is 12.4. The zero-order valence-electron chi connectivity index (χ0n) is 13.0. The molecule has 21 heavy (non-hydrogen) atoms. The molecule has 1 saturated carbocycles. The normalized spacial score (nSPS) is 16.0. The second kappa shape index (κ2) is 6.87. The van der Waals surface area contributed by atoms with Crippen LogP contribution >= 0.6 is 0 Å². The molecule has 2 rings (SSSR count). The van der Waals surface area contributed by atoms with Crippen molar-refractivity contribution in [3.8, 4) is 0 Å². The van der Waals surface area contributed by atoms with Crippen LogP contribution in [0.15, 0.2) is 17.3 Å². The first-order valence-electron chi connectivity index (χ1n) is 7.26. The first kappa shape index (κ1) is 16.4. The molecule has 0 bridgehead atoms. The minimum atomic E-state index is -3.44. The fourth-order valence-electron chi connectivity index (χ4n) is 1.91. The lowest BCUT2D eigenvalue weighted by molar-refractivity contribution is 0.358. The highest BCUT2D eigenvalue weighted by atomic mass is 32.2. The molecule has 0 unspecified atom stereocenters. The minimum absolute atomic E-state index is 0.259. The molecule has 1 aromatic heterocycles. The van der Waals surface area contributed by atoms with Gasteiger partial charge >= 0.3 is 0 Å². The van der Waals surface area contributed by atoms with E-state index in [4.69, 9.17) is 0 Å². The fourth-order valence-corrected chi connectivity index (χ4v) is 3.03. The predicted molar refractivity (Wildman–Crippen MR) is 81.6 cm³/mol. The molecule has 0 aromatic carbocycles. The van der Waals surface area contributed by atoms with E-state index in [1.54, 1.807) is 17.9 Å². The van der Waals surface area contributed by atoms with Crippen molar-refractivity contribution in [3.05, 3.63) is 12.4 Å². The minimum Gasteiger partial charge on any atom is -0.312 e. The fraction of sp³-hybridized carbons (Fsp3) is 0.769. The molecule has 0 spiro atoms. The maximum absolute atomic E-state index is 12.4. The van der Waals surface area contributed by atoms with E-state index in [2.05, 4.69) is 10.4 Å². The highest BCUT2D eigenvalue weighted by Crippen LogP contribution is 2.18. The van der Waals surface area contributed by atoms with Crippen LogP contribution in [0.25, 0.3) is 0 Å². The summed E-state index contributed by atoms with van der Waals surface area (Å²) >= 11 is 0. The van der Waals surface area contributed by atoms with Gasteiger partial charge in [0.25, 0.3) is 0 Å². The molecular weight excluding hydrogens is 290 g/mol. The summed E-state index contributed by atoms with van der Waals surface area (Å²) in [5.41, 5.74) is 0. The van der Waals surface area contributed by atoms with Crippen molar-refractivity contribution >= 4 is 10.0 Å². The number of hydrogen-bond donors (Lipinski definition) is 1. The Morgan fingerprint density at radius 2 is 2.05 bits per heavy atom. The summed E-state index contributed by atoms with van der Waals surface area (Å²) in [5, 5.41) is 7.52. The number of aromatic nitrogens is 2. The lowest BCUT2D eigenvalue weighted by Gasteiger charge is -2.18. The maximum Gasteiger partial charge on any atom is 0.245 e. The molecular formula is C13H25N5O2S. The summed E-state index contributed by atoms with van der Waals surface area (Å²) in [6.45, 7) is 2.66. The molecule has 120 valence electrons. The van der Waals surface area contributed by atoms with Crippen LogP contribution in [0.2, 0.25) is 0 Å². The van der Waals surface area contributed by atoms with Crippen molar-refractivity contribution in [1.29, 1.82) is 0 Å². The zero-order chi connectivity index (χ0) is 15.5. The Morgan fingerprint density at radius 1 is 1.33 bits per heavy atom. The zero-order valence-corrected chi connectivity index (χ0v) is 13.8. The summed E-state index contributed by atoms with van der Waals surface area (Å²) in [6, 6.07) is 0.654. The topological polar surface area (TPSA) is 70.5 Å². The Morgan fingerprint density at radius 3 is 2.67 bits per heavy atom. The van der Waals surface area contributed by atoms with Crippen LogP contribution in [0.3, 0.4) is 0 Å². The summed E-state index contributed by atoms with van der Waals surface area (Å²) in [5.74, 6) is 0. The van der Waals surface area contributed by atoms with Crippen LogP contribution in [-0.4, -0.2) is 74.2 Å². The van der Waals surface area contributed by atoms with Crippen LogP contribution in [0.4, 0.5) is 0 Å². The lowest BCUT2D eigenvalue weighted by atomic mass is 10.6. The van der Waals surface area contributed by atoms with Crippen LogP contribution in [0, 0.1) is 0 Å². The predicted octanol–water partition coefficient (Wildman–Crippen LogP) is -0.183. The van der Waals surface area contributed by atoms with Crippen LogP contribution in [0.1, 0.15) is 12.8 Å². The molecule has 1 N–H and O–H groups in total. The van der Waals surface area contributed by atoms with Gasteiger partial charge in [0.2, 0.25) is 10.0 Å². The van der Waals surface area contributed by atoms with E-state index in [0.29, 0.717) is 25.7 Å². The molecule has 0 aliphatic heterocycles. The molecule has 0 atom stereocenters. The van der Waals surface area contributed by atoms with E-state index in [-0.39, 0.29) is 4.90 Å². The first-order chi connectivity index (χ1) is 9.89. The molecule has 7 nitrogen and oxygen atoms in total. The van der Waals surface area contributed by atoms with E-state index >= 15 is 0 Å². The quantitative estimate of drug-likeness (QED) is 0.684. The summed E-state index contributed by atoms with van der Waals surface area (Å²) in [7, 11) is 2.01. The standard InChI is InChI=1S/C13H25N5O2S/c1-16(2)8-9-17(3)21(19,20)13-10-15-18(11-13)7-6-14-12-4-5-12/h10-12,14H,4-9H2,1-3H3. The summed E-state index contributed by atoms with van der Waals surface area (Å²) < 4.78 is 27.8. The SMILES string of the molecule is CN(C)CCN(C)S(=O)(=O)c1cnn(CCNC2CC2)c1.